The lowest BCUT2D eigenvalue weighted by Crippen LogP contribution is -1.99. The van der Waals surface area contributed by atoms with Crippen LogP contribution in [-0.4, -0.2) is 33.6 Å². The second-order valence-electron chi connectivity index (χ2n) is 5.19. The monoisotopic (exact) mass is 316 g/mol. The van der Waals surface area contributed by atoms with Crippen molar-refractivity contribution < 1.29 is 9.26 Å². The van der Waals surface area contributed by atoms with Gasteiger partial charge in [-0.25, -0.2) is 0 Å². The second-order valence-corrected chi connectivity index (χ2v) is 5.63. The number of nitrogens with one attached hydrogen (secondary N) is 1. The summed E-state index contributed by atoms with van der Waals surface area (Å²) in [5.41, 5.74) is 2.47. The van der Waals surface area contributed by atoms with Crippen molar-refractivity contribution in [2.75, 3.05) is 13.2 Å². The number of ether oxygens (including phenoxy) is 1. The maximum atomic E-state index is 5.89. The van der Waals surface area contributed by atoms with Crippen molar-refractivity contribution in [2.24, 2.45) is 0 Å². The van der Waals surface area contributed by atoms with E-state index in [0.717, 1.165) is 24.3 Å². The molecule has 1 aromatic carbocycles. The molecule has 0 unspecified atom stereocenters. The highest BCUT2D eigenvalue weighted by molar-refractivity contribution is 6.30. The average Bonchev–Trinajstić information content (AvgIpc) is 3.27. The minimum absolute atomic E-state index is 0.219. The number of aromatic amines is 1. The van der Waals surface area contributed by atoms with Crippen LogP contribution in [0, 0.1) is 0 Å². The fourth-order valence-electron chi connectivity index (χ4n) is 2.45. The van der Waals surface area contributed by atoms with Gasteiger partial charge in [-0.1, -0.05) is 28.9 Å². The summed E-state index contributed by atoms with van der Waals surface area (Å²) < 4.78 is 10.7. The van der Waals surface area contributed by atoms with Crippen LogP contribution in [0.2, 0.25) is 5.02 Å². The number of rotatable bonds is 3. The van der Waals surface area contributed by atoms with Gasteiger partial charge in [0.05, 0.1) is 12.3 Å². The van der Waals surface area contributed by atoms with Gasteiger partial charge in [-0.3, -0.25) is 5.10 Å². The SMILES string of the molecule is Clc1ccc(-c2cc(-c3nc([C@@H]4CCOC4)no3)[nH]n2)cc1. The molecule has 1 saturated heterocycles. The third-order valence-electron chi connectivity index (χ3n) is 3.68. The number of hydrogen-bond donors (Lipinski definition) is 1. The Morgan fingerprint density at radius 3 is 2.86 bits per heavy atom. The van der Waals surface area contributed by atoms with E-state index in [2.05, 4.69) is 20.3 Å². The van der Waals surface area contributed by atoms with Crippen LogP contribution in [0.25, 0.3) is 22.8 Å². The quantitative estimate of drug-likeness (QED) is 0.802. The number of halogens is 1. The Morgan fingerprint density at radius 1 is 1.23 bits per heavy atom. The summed E-state index contributed by atoms with van der Waals surface area (Å²) >= 11 is 5.89. The summed E-state index contributed by atoms with van der Waals surface area (Å²) in [5, 5.41) is 11.9. The maximum absolute atomic E-state index is 5.89. The van der Waals surface area contributed by atoms with Crippen molar-refractivity contribution >= 4 is 11.6 Å². The zero-order chi connectivity index (χ0) is 14.9. The van der Waals surface area contributed by atoms with E-state index in [-0.39, 0.29) is 5.92 Å². The molecule has 0 spiro atoms. The van der Waals surface area contributed by atoms with Gasteiger partial charge in [-0.2, -0.15) is 10.1 Å². The van der Waals surface area contributed by atoms with E-state index in [1.165, 1.54) is 0 Å². The summed E-state index contributed by atoms with van der Waals surface area (Å²) in [6.45, 7) is 1.40. The Labute approximate surface area is 131 Å². The molecule has 22 heavy (non-hydrogen) atoms. The molecule has 1 atom stereocenters. The molecule has 0 amide bonds. The van der Waals surface area contributed by atoms with Gasteiger partial charge in [0, 0.05) is 23.1 Å². The lowest BCUT2D eigenvalue weighted by molar-refractivity contribution is 0.192. The van der Waals surface area contributed by atoms with Gasteiger partial charge in [-0.15, -0.1) is 0 Å². The van der Waals surface area contributed by atoms with Crippen molar-refractivity contribution in [3.8, 4) is 22.8 Å². The van der Waals surface area contributed by atoms with Crippen LogP contribution in [0.3, 0.4) is 0 Å². The smallest absolute Gasteiger partial charge is 0.275 e. The molecule has 112 valence electrons. The van der Waals surface area contributed by atoms with Gasteiger partial charge >= 0.3 is 0 Å². The van der Waals surface area contributed by atoms with Gasteiger partial charge in [-0.05, 0) is 24.6 Å². The third kappa shape index (κ3) is 2.51. The molecule has 0 bridgehead atoms. The minimum atomic E-state index is 0.219. The maximum Gasteiger partial charge on any atom is 0.275 e. The van der Waals surface area contributed by atoms with Crippen LogP contribution in [0.5, 0.6) is 0 Å². The van der Waals surface area contributed by atoms with Gasteiger partial charge < -0.3 is 9.26 Å². The molecule has 2 aromatic heterocycles. The van der Waals surface area contributed by atoms with Gasteiger partial charge in [0.1, 0.15) is 5.69 Å². The molecule has 7 heteroatoms. The summed E-state index contributed by atoms with van der Waals surface area (Å²) in [6, 6.07) is 9.37. The lowest BCUT2D eigenvalue weighted by atomic mass is 10.1. The van der Waals surface area contributed by atoms with Gasteiger partial charge in [0.2, 0.25) is 0 Å². The first-order valence-corrected chi connectivity index (χ1v) is 7.40. The van der Waals surface area contributed by atoms with Crippen LogP contribution in [-0.2, 0) is 4.74 Å². The van der Waals surface area contributed by atoms with Crippen LogP contribution >= 0.6 is 11.6 Å². The molecule has 4 rings (SSSR count). The van der Waals surface area contributed by atoms with Gasteiger partial charge in [0.15, 0.2) is 5.82 Å². The highest BCUT2D eigenvalue weighted by Crippen LogP contribution is 2.27. The van der Waals surface area contributed by atoms with Crippen LogP contribution in [0.4, 0.5) is 0 Å². The number of hydrogen-bond acceptors (Lipinski definition) is 5. The molecule has 1 aliphatic heterocycles. The van der Waals surface area contributed by atoms with Crippen molar-refractivity contribution in [1.82, 2.24) is 20.3 Å². The molecule has 1 fully saturated rings. The van der Waals surface area contributed by atoms with Crippen molar-refractivity contribution in [1.29, 1.82) is 0 Å². The van der Waals surface area contributed by atoms with E-state index in [4.69, 9.17) is 20.9 Å². The topological polar surface area (TPSA) is 76.8 Å². The standard InChI is InChI=1S/C15H13ClN4O2/c16-11-3-1-9(2-4-11)12-7-13(19-18-12)15-17-14(20-22-15)10-5-6-21-8-10/h1-4,7,10H,5-6,8H2,(H,18,19)/t10-/m1/s1. The molecule has 6 nitrogen and oxygen atoms in total. The molecular formula is C15H13ClN4O2. The highest BCUT2D eigenvalue weighted by atomic mass is 35.5. The van der Waals surface area contributed by atoms with E-state index >= 15 is 0 Å². The molecule has 0 saturated carbocycles. The Bertz CT molecular complexity index is 775. The zero-order valence-corrected chi connectivity index (χ0v) is 12.4. The zero-order valence-electron chi connectivity index (χ0n) is 11.6. The van der Waals surface area contributed by atoms with E-state index in [1.54, 1.807) is 0 Å². The minimum Gasteiger partial charge on any atom is -0.381 e. The molecule has 0 radical (unpaired) electrons. The number of nitrogens with zero attached hydrogens (tertiary/aromatic N) is 3. The summed E-state index contributed by atoms with van der Waals surface area (Å²) in [5.74, 6) is 1.35. The highest BCUT2D eigenvalue weighted by Gasteiger charge is 2.24. The van der Waals surface area contributed by atoms with Crippen LogP contribution < -0.4 is 0 Å². The molecule has 3 aromatic rings. The average molecular weight is 317 g/mol. The molecular weight excluding hydrogens is 304 g/mol. The molecule has 3 heterocycles. The van der Waals surface area contributed by atoms with Crippen LogP contribution in [0.15, 0.2) is 34.9 Å². The van der Waals surface area contributed by atoms with E-state index in [9.17, 15) is 0 Å². The Balaban J connectivity index is 1.59. The number of H-pyrrole nitrogens is 1. The predicted molar refractivity (Wildman–Crippen MR) is 80.5 cm³/mol. The van der Waals surface area contributed by atoms with Crippen molar-refractivity contribution in [3.05, 3.63) is 41.2 Å². The lowest BCUT2D eigenvalue weighted by Gasteiger charge is -1.97. The van der Waals surface area contributed by atoms with Crippen molar-refractivity contribution in [3.63, 3.8) is 0 Å². The number of benzene rings is 1. The Kier molecular flexibility index (Phi) is 3.40. The van der Waals surface area contributed by atoms with Crippen molar-refractivity contribution in [2.45, 2.75) is 12.3 Å². The second kappa shape index (κ2) is 5.55. The fourth-order valence-corrected chi connectivity index (χ4v) is 2.57. The number of aromatic nitrogens is 4. The molecule has 1 N–H and O–H groups in total. The largest absolute Gasteiger partial charge is 0.381 e. The van der Waals surface area contributed by atoms with Crippen LogP contribution in [0.1, 0.15) is 18.2 Å². The summed E-state index contributed by atoms with van der Waals surface area (Å²) in [4.78, 5) is 4.43. The third-order valence-corrected chi connectivity index (χ3v) is 3.94. The first kappa shape index (κ1) is 13.5. The Morgan fingerprint density at radius 2 is 2.09 bits per heavy atom. The predicted octanol–water partition coefficient (Wildman–Crippen LogP) is 3.28. The molecule has 1 aliphatic rings. The first-order chi connectivity index (χ1) is 10.8. The Hall–Kier alpha value is -2.18. The van der Waals surface area contributed by atoms with E-state index < -0.39 is 0 Å². The first-order valence-electron chi connectivity index (χ1n) is 7.02. The summed E-state index contributed by atoms with van der Waals surface area (Å²) in [7, 11) is 0. The molecule has 0 aliphatic carbocycles. The van der Waals surface area contributed by atoms with E-state index in [1.807, 2.05) is 30.3 Å². The fraction of sp³-hybridized carbons (Fsp3) is 0.267. The normalized spacial score (nSPS) is 18.0. The summed E-state index contributed by atoms with van der Waals surface area (Å²) in [6.07, 6.45) is 0.929. The van der Waals surface area contributed by atoms with E-state index in [0.29, 0.717) is 29.0 Å². The van der Waals surface area contributed by atoms with Gasteiger partial charge in [0.25, 0.3) is 5.89 Å².